The lowest BCUT2D eigenvalue weighted by atomic mass is 10.2. The van der Waals surface area contributed by atoms with Gasteiger partial charge in [0.1, 0.15) is 0 Å². The summed E-state index contributed by atoms with van der Waals surface area (Å²) in [4.78, 5) is 18.9. The zero-order valence-corrected chi connectivity index (χ0v) is 15.4. The molecule has 1 aliphatic heterocycles. The molecule has 146 valence electrons. The molecule has 4 rings (SSSR count). The maximum atomic E-state index is 12.9. The van der Waals surface area contributed by atoms with Crippen molar-refractivity contribution in [3.05, 3.63) is 53.0 Å². The summed E-state index contributed by atoms with van der Waals surface area (Å²) in [7, 11) is 0. The molecule has 1 amide bonds. The number of para-hydroxylation sites is 2. The van der Waals surface area contributed by atoms with Gasteiger partial charge in [0, 0.05) is 13.1 Å². The monoisotopic (exact) mass is 407 g/mol. The molecule has 2 heterocycles. The van der Waals surface area contributed by atoms with Crippen LogP contribution in [0.15, 0.2) is 42.5 Å². The van der Waals surface area contributed by atoms with Gasteiger partial charge in [0.2, 0.25) is 0 Å². The van der Waals surface area contributed by atoms with E-state index in [2.05, 4.69) is 15.2 Å². The van der Waals surface area contributed by atoms with Crippen LogP contribution in [-0.4, -0.2) is 37.2 Å². The van der Waals surface area contributed by atoms with E-state index < -0.39 is 17.6 Å². The van der Waals surface area contributed by atoms with Crippen molar-refractivity contribution in [3.63, 3.8) is 0 Å². The van der Waals surface area contributed by atoms with Gasteiger partial charge in [-0.1, -0.05) is 12.1 Å². The average Bonchev–Trinajstić information content (AvgIpc) is 3.12. The number of hydrogen-bond donors (Lipinski definition) is 1. The standard InChI is InChI=1S/C19H16F3N3O2S/c20-19(21,22)12-5-6-16-14(11-12)24-18(28-16)17(26)23-13-3-1-2-4-15(13)25-7-9-27-10-8-25/h1-6,11H,7-10H2,(H,23,26). The van der Waals surface area contributed by atoms with Crippen molar-refractivity contribution < 1.29 is 22.7 Å². The molecule has 2 aromatic carbocycles. The molecule has 5 nitrogen and oxygen atoms in total. The van der Waals surface area contributed by atoms with E-state index in [4.69, 9.17) is 4.74 Å². The zero-order chi connectivity index (χ0) is 19.7. The minimum absolute atomic E-state index is 0.117. The summed E-state index contributed by atoms with van der Waals surface area (Å²) in [5.41, 5.74) is 0.880. The van der Waals surface area contributed by atoms with Crippen LogP contribution in [0.2, 0.25) is 0 Å². The van der Waals surface area contributed by atoms with E-state index in [-0.39, 0.29) is 10.5 Å². The molecule has 1 saturated heterocycles. The summed E-state index contributed by atoms with van der Waals surface area (Å²) in [6, 6.07) is 10.7. The van der Waals surface area contributed by atoms with Gasteiger partial charge in [-0.05, 0) is 30.3 Å². The maximum absolute atomic E-state index is 12.9. The SMILES string of the molecule is O=C(Nc1ccccc1N1CCOCC1)c1nc2cc(C(F)(F)F)ccc2s1. The van der Waals surface area contributed by atoms with Crippen LogP contribution in [0.5, 0.6) is 0 Å². The number of anilines is 2. The zero-order valence-electron chi connectivity index (χ0n) is 14.6. The molecule has 0 aliphatic carbocycles. The van der Waals surface area contributed by atoms with E-state index in [9.17, 15) is 18.0 Å². The predicted octanol–water partition coefficient (Wildman–Crippen LogP) is 4.40. The molecule has 0 saturated carbocycles. The van der Waals surface area contributed by atoms with Gasteiger partial charge in [-0.25, -0.2) is 4.98 Å². The topological polar surface area (TPSA) is 54.5 Å². The van der Waals surface area contributed by atoms with Crippen LogP contribution in [0.4, 0.5) is 24.5 Å². The van der Waals surface area contributed by atoms with Crippen molar-refractivity contribution >= 4 is 38.8 Å². The summed E-state index contributed by atoms with van der Waals surface area (Å²) < 4.78 is 44.5. The van der Waals surface area contributed by atoms with Gasteiger partial charge in [0.15, 0.2) is 5.01 Å². The molecule has 1 N–H and O–H groups in total. The molecule has 0 bridgehead atoms. The van der Waals surface area contributed by atoms with Crippen molar-refractivity contribution in [2.24, 2.45) is 0 Å². The Morgan fingerprint density at radius 1 is 1.14 bits per heavy atom. The fourth-order valence-electron chi connectivity index (χ4n) is 3.04. The molecule has 1 aromatic heterocycles. The Bertz CT molecular complexity index is 1010. The van der Waals surface area contributed by atoms with Crippen LogP contribution in [0.1, 0.15) is 15.4 Å². The van der Waals surface area contributed by atoms with Gasteiger partial charge >= 0.3 is 6.18 Å². The van der Waals surface area contributed by atoms with Crippen molar-refractivity contribution in [3.8, 4) is 0 Å². The average molecular weight is 407 g/mol. The lowest BCUT2D eigenvalue weighted by Crippen LogP contribution is -2.36. The number of ether oxygens (including phenoxy) is 1. The van der Waals surface area contributed by atoms with Gasteiger partial charge < -0.3 is 15.0 Å². The third-order valence-corrected chi connectivity index (χ3v) is 5.45. The van der Waals surface area contributed by atoms with Crippen LogP contribution in [-0.2, 0) is 10.9 Å². The molecule has 1 aliphatic rings. The number of nitrogens with one attached hydrogen (secondary N) is 1. The lowest BCUT2D eigenvalue weighted by molar-refractivity contribution is -0.137. The van der Waals surface area contributed by atoms with Gasteiger partial charge in [-0.15, -0.1) is 11.3 Å². The summed E-state index contributed by atoms with van der Waals surface area (Å²) >= 11 is 1.06. The number of fused-ring (bicyclic) bond motifs is 1. The summed E-state index contributed by atoms with van der Waals surface area (Å²) in [5, 5.41) is 2.95. The first-order chi connectivity index (χ1) is 13.4. The van der Waals surface area contributed by atoms with Crippen LogP contribution >= 0.6 is 11.3 Å². The van der Waals surface area contributed by atoms with Crippen molar-refractivity contribution in [1.29, 1.82) is 0 Å². The van der Waals surface area contributed by atoms with Gasteiger partial charge in [0.05, 0.1) is 40.4 Å². The van der Waals surface area contributed by atoms with Crippen molar-refractivity contribution in [1.82, 2.24) is 4.98 Å². The number of carbonyl (C=O) groups excluding carboxylic acids is 1. The van der Waals surface area contributed by atoms with Crippen LogP contribution < -0.4 is 10.2 Å². The van der Waals surface area contributed by atoms with E-state index in [0.29, 0.717) is 36.7 Å². The largest absolute Gasteiger partial charge is 0.416 e. The number of morpholine rings is 1. The number of amides is 1. The van der Waals surface area contributed by atoms with E-state index in [1.807, 2.05) is 18.2 Å². The number of carbonyl (C=O) groups is 1. The Kier molecular flexibility index (Phi) is 4.94. The van der Waals surface area contributed by atoms with Gasteiger partial charge in [0.25, 0.3) is 5.91 Å². The fraction of sp³-hybridized carbons (Fsp3) is 0.263. The molecular formula is C19H16F3N3O2S. The normalized spacial score (nSPS) is 15.0. The maximum Gasteiger partial charge on any atom is 0.416 e. The van der Waals surface area contributed by atoms with Gasteiger partial charge in [-0.3, -0.25) is 4.79 Å². The number of thiazole rings is 1. The Balaban J connectivity index is 1.59. The summed E-state index contributed by atoms with van der Waals surface area (Å²) in [6.07, 6.45) is -4.45. The number of aromatic nitrogens is 1. The minimum atomic E-state index is -4.45. The van der Waals surface area contributed by atoms with Crippen molar-refractivity contribution in [2.45, 2.75) is 6.18 Å². The highest BCUT2D eigenvalue weighted by molar-refractivity contribution is 7.20. The highest BCUT2D eigenvalue weighted by Crippen LogP contribution is 2.33. The highest BCUT2D eigenvalue weighted by Gasteiger charge is 2.31. The Labute approximate surface area is 162 Å². The molecule has 0 atom stereocenters. The quantitative estimate of drug-likeness (QED) is 0.699. The van der Waals surface area contributed by atoms with E-state index in [1.54, 1.807) is 6.07 Å². The second-order valence-corrected chi connectivity index (χ2v) is 7.30. The molecule has 0 spiro atoms. The molecule has 1 fully saturated rings. The smallest absolute Gasteiger partial charge is 0.378 e. The fourth-order valence-corrected chi connectivity index (χ4v) is 3.88. The predicted molar refractivity (Wildman–Crippen MR) is 102 cm³/mol. The third kappa shape index (κ3) is 3.81. The third-order valence-electron chi connectivity index (χ3n) is 4.41. The molecular weight excluding hydrogens is 391 g/mol. The summed E-state index contributed by atoms with van der Waals surface area (Å²) in [6.45, 7) is 2.66. The van der Waals surface area contributed by atoms with Crippen molar-refractivity contribution in [2.75, 3.05) is 36.5 Å². The number of hydrogen-bond acceptors (Lipinski definition) is 5. The minimum Gasteiger partial charge on any atom is -0.378 e. The highest BCUT2D eigenvalue weighted by atomic mass is 32.1. The molecule has 9 heteroatoms. The van der Waals surface area contributed by atoms with Crippen LogP contribution in [0.25, 0.3) is 10.2 Å². The first kappa shape index (κ1) is 18.7. The number of halogens is 3. The molecule has 0 unspecified atom stereocenters. The lowest BCUT2D eigenvalue weighted by Gasteiger charge is -2.30. The Hall–Kier alpha value is -2.65. The summed E-state index contributed by atoms with van der Waals surface area (Å²) in [5.74, 6) is -0.449. The Morgan fingerprint density at radius 2 is 1.89 bits per heavy atom. The Morgan fingerprint density at radius 3 is 2.64 bits per heavy atom. The number of rotatable bonds is 3. The molecule has 0 radical (unpaired) electrons. The van der Waals surface area contributed by atoms with Crippen LogP contribution in [0, 0.1) is 0 Å². The molecule has 3 aromatic rings. The van der Waals surface area contributed by atoms with E-state index in [0.717, 1.165) is 29.2 Å². The number of nitrogens with zero attached hydrogens (tertiary/aromatic N) is 2. The number of benzene rings is 2. The molecule has 28 heavy (non-hydrogen) atoms. The first-order valence-corrected chi connectivity index (χ1v) is 9.44. The van der Waals surface area contributed by atoms with E-state index >= 15 is 0 Å². The second kappa shape index (κ2) is 7.40. The second-order valence-electron chi connectivity index (χ2n) is 6.27. The van der Waals surface area contributed by atoms with E-state index in [1.165, 1.54) is 6.07 Å². The number of alkyl halides is 3. The first-order valence-electron chi connectivity index (χ1n) is 8.63. The van der Waals surface area contributed by atoms with Crippen LogP contribution in [0.3, 0.4) is 0 Å². The van der Waals surface area contributed by atoms with Gasteiger partial charge in [-0.2, -0.15) is 13.2 Å².